The van der Waals surface area contributed by atoms with Crippen LogP contribution in [-0.2, 0) is 14.3 Å². The molecule has 0 saturated heterocycles. The van der Waals surface area contributed by atoms with Crippen LogP contribution >= 0.6 is 0 Å². The minimum atomic E-state index is -0.644. The Morgan fingerprint density at radius 2 is 1.82 bits per heavy atom. The zero-order valence-corrected chi connectivity index (χ0v) is 12.2. The number of rotatable bonds is 2. The molecule has 1 unspecified atom stereocenters. The molecule has 22 heavy (non-hydrogen) atoms. The molecule has 0 spiro atoms. The average molecular weight is 298 g/mol. The van der Waals surface area contributed by atoms with Crippen LogP contribution in [0.15, 0.2) is 47.2 Å². The molecule has 0 fully saturated rings. The third kappa shape index (κ3) is 1.97. The van der Waals surface area contributed by atoms with Crippen molar-refractivity contribution in [3.63, 3.8) is 0 Å². The first-order valence-electron chi connectivity index (χ1n) is 6.98. The number of carbonyl (C=O) groups excluding carboxylic acids is 3. The fourth-order valence-corrected chi connectivity index (χ4v) is 2.65. The number of esters is 1. The van der Waals surface area contributed by atoms with Gasteiger partial charge in [0.05, 0.1) is 18.3 Å². The molecule has 112 valence electrons. The lowest BCUT2D eigenvalue weighted by atomic mass is 9.83. The zero-order valence-electron chi connectivity index (χ0n) is 12.2. The summed E-state index contributed by atoms with van der Waals surface area (Å²) in [7, 11) is 1.24. The van der Waals surface area contributed by atoms with Gasteiger partial charge in [-0.1, -0.05) is 31.2 Å². The first-order chi connectivity index (χ1) is 10.6. The van der Waals surface area contributed by atoms with Gasteiger partial charge in [-0.05, 0) is 12.5 Å². The monoisotopic (exact) mass is 298 g/mol. The van der Waals surface area contributed by atoms with E-state index >= 15 is 0 Å². The molecule has 1 atom stereocenters. The third-order valence-electron chi connectivity index (χ3n) is 3.78. The SMILES string of the molecule is CCC1C=C(C(=O)OC)C2=C(O1)C(=O)c1ccccc1C2=O. The molecule has 5 heteroatoms. The molecule has 5 nitrogen and oxygen atoms in total. The number of hydrogen-bond acceptors (Lipinski definition) is 5. The van der Waals surface area contributed by atoms with Crippen LogP contribution in [0.1, 0.15) is 34.1 Å². The Morgan fingerprint density at radius 1 is 1.18 bits per heavy atom. The molecule has 1 aliphatic heterocycles. The van der Waals surface area contributed by atoms with Crippen LogP contribution in [0.4, 0.5) is 0 Å². The molecule has 0 aromatic heterocycles. The van der Waals surface area contributed by atoms with Gasteiger partial charge in [-0.3, -0.25) is 9.59 Å². The molecule has 1 aliphatic carbocycles. The molecule has 1 heterocycles. The second-order valence-electron chi connectivity index (χ2n) is 5.04. The molecule has 0 amide bonds. The topological polar surface area (TPSA) is 69.7 Å². The molecule has 1 aromatic carbocycles. The molecule has 2 aliphatic rings. The Labute approximate surface area is 127 Å². The van der Waals surface area contributed by atoms with Gasteiger partial charge in [0.1, 0.15) is 6.10 Å². The molecule has 0 saturated carbocycles. The van der Waals surface area contributed by atoms with E-state index in [1.807, 2.05) is 6.92 Å². The van der Waals surface area contributed by atoms with E-state index in [0.29, 0.717) is 12.0 Å². The Morgan fingerprint density at radius 3 is 2.41 bits per heavy atom. The quantitative estimate of drug-likeness (QED) is 0.783. The van der Waals surface area contributed by atoms with Crippen molar-refractivity contribution in [1.82, 2.24) is 0 Å². The highest BCUT2D eigenvalue weighted by molar-refractivity contribution is 6.30. The molecule has 3 rings (SSSR count). The fraction of sp³-hybridized carbons (Fsp3) is 0.235. The highest BCUT2D eigenvalue weighted by Gasteiger charge is 2.40. The van der Waals surface area contributed by atoms with Gasteiger partial charge in [0.25, 0.3) is 0 Å². The predicted octanol–water partition coefficient (Wildman–Crippen LogP) is 2.23. The lowest BCUT2D eigenvalue weighted by Gasteiger charge is -2.28. The van der Waals surface area contributed by atoms with E-state index in [0.717, 1.165) is 0 Å². The van der Waals surface area contributed by atoms with Crippen LogP contribution in [0, 0.1) is 0 Å². The van der Waals surface area contributed by atoms with Gasteiger partial charge in [-0.25, -0.2) is 4.79 Å². The smallest absolute Gasteiger partial charge is 0.338 e. The van der Waals surface area contributed by atoms with Crippen LogP contribution in [0.25, 0.3) is 0 Å². The zero-order chi connectivity index (χ0) is 15.9. The Balaban J connectivity index is 2.20. The van der Waals surface area contributed by atoms with Gasteiger partial charge in [-0.2, -0.15) is 0 Å². The standard InChI is InChI=1S/C17H14O5/c1-3-9-8-12(17(20)21-2)13-14(18)10-6-4-5-7-11(10)15(19)16(13)22-9/h4-9H,3H2,1-2H3. The Kier molecular flexibility index (Phi) is 3.41. The van der Waals surface area contributed by atoms with Crippen molar-refractivity contribution in [3.05, 3.63) is 58.4 Å². The number of carbonyl (C=O) groups is 3. The number of fused-ring (bicyclic) bond motifs is 1. The van der Waals surface area contributed by atoms with E-state index < -0.39 is 17.9 Å². The van der Waals surface area contributed by atoms with E-state index in [2.05, 4.69) is 0 Å². The average Bonchev–Trinajstić information content (AvgIpc) is 2.57. The summed E-state index contributed by atoms with van der Waals surface area (Å²) in [4.78, 5) is 37.3. The van der Waals surface area contributed by atoms with Crippen molar-refractivity contribution in [2.75, 3.05) is 7.11 Å². The molecule has 0 N–H and O–H groups in total. The Bertz CT molecular complexity index is 754. The van der Waals surface area contributed by atoms with Crippen molar-refractivity contribution >= 4 is 17.5 Å². The Hall–Kier alpha value is -2.69. The van der Waals surface area contributed by atoms with Crippen LogP contribution in [0.2, 0.25) is 0 Å². The second-order valence-corrected chi connectivity index (χ2v) is 5.04. The number of ether oxygens (including phenoxy) is 2. The summed E-state index contributed by atoms with van der Waals surface area (Å²) >= 11 is 0. The van der Waals surface area contributed by atoms with Crippen molar-refractivity contribution in [2.24, 2.45) is 0 Å². The summed E-state index contributed by atoms with van der Waals surface area (Å²) in [5.74, 6) is -1.47. The van der Waals surface area contributed by atoms with Crippen molar-refractivity contribution in [2.45, 2.75) is 19.4 Å². The number of methoxy groups -OCH3 is 1. The van der Waals surface area contributed by atoms with Gasteiger partial charge >= 0.3 is 5.97 Å². The summed E-state index contributed by atoms with van der Waals surface area (Å²) in [6.45, 7) is 1.87. The van der Waals surface area contributed by atoms with Gasteiger partial charge in [-0.15, -0.1) is 0 Å². The summed E-state index contributed by atoms with van der Waals surface area (Å²) in [5.41, 5.74) is 0.676. The van der Waals surface area contributed by atoms with Crippen LogP contribution in [0.3, 0.4) is 0 Å². The molecule has 0 radical (unpaired) electrons. The number of benzene rings is 1. The molecular formula is C17H14O5. The van der Waals surface area contributed by atoms with Crippen LogP contribution in [-0.4, -0.2) is 30.7 Å². The fourth-order valence-electron chi connectivity index (χ4n) is 2.65. The maximum absolute atomic E-state index is 12.7. The largest absolute Gasteiger partial charge is 0.481 e. The lowest BCUT2D eigenvalue weighted by Crippen LogP contribution is -2.32. The summed E-state index contributed by atoms with van der Waals surface area (Å²) < 4.78 is 10.4. The number of Topliss-reactive ketones (excluding diaryl/α,β-unsaturated/α-hetero) is 2. The number of ketones is 2. The van der Waals surface area contributed by atoms with E-state index in [9.17, 15) is 14.4 Å². The molecule has 0 bridgehead atoms. The maximum atomic E-state index is 12.7. The van der Waals surface area contributed by atoms with Crippen molar-refractivity contribution < 1.29 is 23.9 Å². The highest BCUT2D eigenvalue weighted by atomic mass is 16.5. The van der Waals surface area contributed by atoms with Crippen molar-refractivity contribution in [1.29, 1.82) is 0 Å². The summed E-state index contributed by atoms with van der Waals surface area (Å²) in [6, 6.07) is 6.52. The number of allylic oxidation sites excluding steroid dienone is 1. The molecule has 1 aromatic rings. The van der Waals surface area contributed by atoms with Gasteiger partial charge in [0, 0.05) is 11.1 Å². The van der Waals surface area contributed by atoms with E-state index in [1.54, 1.807) is 30.3 Å². The lowest BCUT2D eigenvalue weighted by molar-refractivity contribution is -0.136. The number of hydrogen-bond donors (Lipinski definition) is 0. The summed E-state index contributed by atoms with van der Waals surface area (Å²) in [5, 5.41) is 0. The summed E-state index contributed by atoms with van der Waals surface area (Å²) in [6.07, 6.45) is 1.68. The molecular weight excluding hydrogens is 284 g/mol. The van der Waals surface area contributed by atoms with Crippen molar-refractivity contribution in [3.8, 4) is 0 Å². The third-order valence-corrected chi connectivity index (χ3v) is 3.78. The van der Waals surface area contributed by atoms with Gasteiger partial charge in [0.15, 0.2) is 11.5 Å². The van der Waals surface area contributed by atoms with E-state index in [4.69, 9.17) is 9.47 Å². The normalized spacial score (nSPS) is 19.9. The second kappa shape index (κ2) is 5.26. The van der Waals surface area contributed by atoms with Gasteiger partial charge in [0.2, 0.25) is 5.78 Å². The first-order valence-corrected chi connectivity index (χ1v) is 6.98. The predicted molar refractivity (Wildman–Crippen MR) is 77.4 cm³/mol. The highest BCUT2D eigenvalue weighted by Crippen LogP contribution is 2.35. The maximum Gasteiger partial charge on any atom is 0.338 e. The van der Waals surface area contributed by atoms with Gasteiger partial charge < -0.3 is 9.47 Å². The van der Waals surface area contributed by atoms with Crippen LogP contribution in [0.5, 0.6) is 0 Å². The minimum absolute atomic E-state index is 0.000231. The van der Waals surface area contributed by atoms with E-state index in [-0.39, 0.29) is 28.3 Å². The van der Waals surface area contributed by atoms with Crippen LogP contribution < -0.4 is 0 Å². The van der Waals surface area contributed by atoms with E-state index in [1.165, 1.54) is 7.11 Å². The first kappa shape index (κ1) is 14.3. The minimum Gasteiger partial charge on any atom is -0.481 e.